The number of nitro groups is 1. The van der Waals surface area contributed by atoms with Gasteiger partial charge < -0.3 is 9.47 Å². The van der Waals surface area contributed by atoms with Crippen LogP contribution >= 0.6 is 0 Å². The lowest BCUT2D eigenvalue weighted by atomic mass is 10.2. The van der Waals surface area contributed by atoms with Gasteiger partial charge in [-0.25, -0.2) is 0 Å². The minimum Gasteiger partial charge on any atom is -0.465 e. The number of nitrogens with zero attached hydrogens (tertiary/aromatic N) is 1. The van der Waals surface area contributed by atoms with E-state index in [0.29, 0.717) is 5.75 Å². The first-order valence-corrected chi connectivity index (χ1v) is 4.98. The quantitative estimate of drug-likeness (QED) is 0.439. The molecule has 1 atom stereocenters. The zero-order valence-electron chi connectivity index (χ0n) is 9.54. The molecule has 0 aliphatic rings. The molecule has 0 heterocycles. The van der Waals surface area contributed by atoms with Gasteiger partial charge in [-0.05, 0) is 12.1 Å². The summed E-state index contributed by atoms with van der Waals surface area (Å²) in [5, 5.41) is 10.4. The number of hydrogen-bond acceptors (Lipinski definition) is 4. The number of hydrogen-bond donors (Lipinski definition) is 0. The second-order valence-corrected chi connectivity index (χ2v) is 3.72. The van der Waals surface area contributed by atoms with E-state index in [-0.39, 0.29) is 17.9 Å². The summed E-state index contributed by atoms with van der Waals surface area (Å²) < 4.78 is 10.7. The average molecular weight is 225 g/mol. The summed E-state index contributed by atoms with van der Waals surface area (Å²) in [4.78, 5) is 9.99. The Hall–Kier alpha value is -1.62. The topological polar surface area (TPSA) is 61.6 Å². The first kappa shape index (κ1) is 12.4. The highest BCUT2D eigenvalue weighted by Crippen LogP contribution is 2.20. The van der Waals surface area contributed by atoms with E-state index in [1.807, 2.05) is 13.8 Å². The molecule has 0 spiro atoms. The number of rotatable bonds is 5. The van der Waals surface area contributed by atoms with Crippen molar-refractivity contribution in [1.29, 1.82) is 0 Å². The van der Waals surface area contributed by atoms with Crippen LogP contribution in [0, 0.1) is 16.0 Å². The Bertz CT molecular complexity index is 348. The van der Waals surface area contributed by atoms with Gasteiger partial charge in [0.2, 0.25) is 6.29 Å². The Balaban J connectivity index is 2.71. The average Bonchev–Trinajstić information content (AvgIpc) is 2.26. The second-order valence-electron chi connectivity index (χ2n) is 3.72. The Labute approximate surface area is 94.1 Å². The first-order chi connectivity index (χ1) is 7.54. The lowest BCUT2D eigenvalue weighted by Crippen LogP contribution is -2.24. The summed E-state index contributed by atoms with van der Waals surface area (Å²) in [5.41, 5.74) is 0.0471. The molecule has 0 saturated carbocycles. The van der Waals surface area contributed by atoms with Crippen LogP contribution in [-0.2, 0) is 4.74 Å². The largest absolute Gasteiger partial charge is 0.465 e. The van der Waals surface area contributed by atoms with Gasteiger partial charge in [-0.15, -0.1) is 0 Å². The van der Waals surface area contributed by atoms with E-state index in [0.717, 1.165) is 0 Å². The molecule has 88 valence electrons. The van der Waals surface area contributed by atoms with E-state index in [9.17, 15) is 10.1 Å². The van der Waals surface area contributed by atoms with Crippen molar-refractivity contribution in [3.05, 3.63) is 34.4 Å². The third-order valence-corrected chi connectivity index (χ3v) is 2.08. The number of methoxy groups -OCH3 is 1. The van der Waals surface area contributed by atoms with E-state index in [4.69, 9.17) is 9.47 Å². The molecule has 16 heavy (non-hydrogen) atoms. The smallest absolute Gasteiger partial charge is 0.269 e. The standard InChI is InChI=1S/C11H15NO4/c1-8(2)11(15-3)16-10-6-4-9(5-7-10)12(13)14/h4-8,11H,1-3H3. The highest BCUT2D eigenvalue weighted by molar-refractivity contribution is 5.36. The maximum Gasteiger partial charge on any atom is 0.269 e. The van der Waals surface area contributed by atoms with E-state index in [1.54, 1.807) is 19.2 Å². The highest BCUT2D eigenvalue weighted by atomic mass is 16.7. The fraction of sp³-hybridized carbons (Fsp3) is 0.455. The monoisotopic (exact) mass is 225 g/mol. The number of benzene rings is 1. The van der Waals surface area contributed by atoms with Gasteiger partial charge in [-0.2, -0.15) is 0 Å². The molecular formula is C11H15NO4. The molecule has 0 N–H and O–H groups in total. The molecule has 0 bridgehead atoms. The maximum absolute atomic E-state index is 10.4. The van der Waals surface area contributed by atoms with Crippen LogP contribution in [0.25, 0.3) is 0 Å². The van der Waals surface area contributed by atoms with E-state index in [1.165, 1.54) is 12.1 Å². The van der Waals surface area contributed by atoms with Crippen LogP contribution in [0.5, 0.6) is 5.75 Å². The van der Waals surface area contributed by atoms with Crippen molar-refractivity contribution in [2.45, 2.75) is 20.1 Å². The Morgan fingerprint density at radius 3 is 2.19 bits per heavy atom. The summed E-state index contributed by atoms with van der Waals surface area (Å²) in [5.74, 6) is 0.770. The predicted octanol–water partition coefficient (Wildman–Crippen LogP) is 2.60. The summed E-state index contributed by atoms with van der Waals surface area (Å²) in [6, 6.07) is 5.93. The second kappa shape index (κ2) is 5.46. The highest BCUT2D eigenvalue weighted by Gasteiger charge is 2.14. The molecule has 0 fully saturated rings. The van der Waals surface area contributed by atoms with Gasteiger partial charge in [-0.3, -0.25) is 10.1 Å². The maximum atomic E-state index is 10.4. The van der Waals surface area contributed by atoms with Crippen LogP contribution in [0.1, 0.15) is 13.8 Å². The van der Waals surface area contributed by atoms with Gasteiger partial charge in [0, 0.05) is 25.2 Å². The van der Waals surface area contributed by atoms with Crippen LogP contribution in [0.2, 0.25) is 0 Å². The van der Waals surface area contributed by atoms with Crippen LogP contribution in [0.4, 0.5) is 5.69 Å². The van der Waals surface area contributed by atoms with Gasteiger partial charge in [0.1, 0.15) is 5.75 Å². The van der Waals surface area contributed by atoms with Gasteiger partial charge in [0.15, 0.2) is 0 Å². The molecule has 0 aliphatic heterocycles. The molecule has 0 radical (unpaired) electrons. The summed E-state index contributed by atoms with van der Waals surface area (Å²) in [7, 11) is 1.57. The van der Waals surface area contributed by atoms with Crippen molar-refractivity contribution in [1.82, 2.24) is 0 Å². The Kier molecular flexibility index (Phi) is 4.25. The summed E-state index contributed by atoms with van der Waals surface area (Å²) in [6.45, 7) is 3.94. The fourth-order valence-corrected chi connectivity index (χ4v) is 1.24. The molecule has 5 heteroatoms. The molecule has 0 saturated heterocycles. The van der Waals surface area contributed by atoms with Crippen LogP contribution < -0.4 is 4.74 Å². The fourth-order valence-electron chi connectivity index (χ4n) is 1.24. The lowest BCUT2D eigenvalue weighted by molar-refractivity contribution is -0.384. The molecule has 0 aromatic heterocycles. The van der Waals surface area contributed by atoms with Gasteiger partial charge in [0.05, 0.1) is 4.92 Å². The molecule has 1 aromatic carbocycles. The van der Waals surface area contributed by atoms with Crippen molar-refractivity contribution < 1.29 is 14.4 Å². The summed E-state index contributed by atoms with van der Waals surface area (Å²) >= 11 is 0. The first-order valence-electron chi connectivity index (χ1n) is 4.98. The molecule has 1 aromatic rings. The molecule has 0 amide bonds. The van der Waals surface area contributed by atoms with Crippen molar-refractivity contribution in [2.75, 3.05) is 7.11 Å². The van der Waals surface area contributed by atoms with Gasteiger partial charge in [0.25, 0.3) is 5.69 Å². The Morgan fingerprint density at radius 1 is 1.25 bits per heavy atom. The van der Waals surface area contributed by atoms with E-state index < -0.39 is 4.92 Å². The van der Waals surface area contributed by atoms with Crippen LogP contribution in [0.15, 0.2) is 24.3 Å². The molecule has 0 aliphatic carbocycles. The van der Waals surface area contributed by atoms with Crippen molar-refractivity contribution in [3.8, 4) is 5.75 Å². The van der Waals surface area contributed by atoms with E-state index in [2.05, 4.69) is 0 Å². The zero-order chi connectivity index (χ0) is 12.1. The van der Waals surface area contributed by atoms with Gasteiger partial charge >= 0.3 is 0 Å². The SMILES string of the molecule is COC(Oc1ccc([N+](=O)[O-])cc1)C(C)C. The molecule has 1 rings (SSSR count). The third-order valence-electron chi connectivity index (χ3n) is 2.08. The van der Waals surface area contributed by atoms with Gasteiger partial charge in [-0.1, -0.05) is 13.8 Å². The molecule has 5 nitrogen and oxygen atoms in total. The number of non-ortho nitro benzene ring substituents is 1. The van der Waals surface area contributed by atoms with Crippen molar-refractivity contribution in [3.63, 3.8) is 0 Å². The predicted molar refractivity (Wildman–Crippen MR) is 59.4 cm³/mol. The normalized spacial score (nSPS) is 12.5. The van der Waals surface area contributed by atoms with Crippen molar-refractivity contribution in [2.24, 2.45) is 5.92 Å². The van der Waals surface area contributed by atoms with Crippen LogP contribution in [-0.4, -0.2) is 18.3 Å². The van der Waals surface area contributed by atoms with E-state index >= 15 is 0 Å². The molecule has 1 unspecified atom stereocenters. The summed E-state index contributed by atoms with van der Waals surface area (Å²) in [6.07, 6.45) is -0.346. The van der Waals surface area contributed by atoms with Crippen LogP contribution in [0.3, 0.4) is 0 Å². The lowest BCUT2D eigenvalue weighted by Gasteiger charge is -2.20. The minimum absolute atomic E-state index is 0.0471. The zero-order valence-corrected chi connectivity index (χ0v) is 9.54. The Morgan fingerprint density at radius 2 is 1.81 bits per heavy atom. The number of nitro benzene ring substituents is 1. The number of ether oxygens (including phenoxy) is 2. The minimum atomic E-state index is -0.444. The van der Waals surface area contributed by atoms with Crippen molar-refractivity contribution >= 4 is 5.69 Å². The molecular weight excluding hydrogens is 210 g/mol. The third kappa shape index (κ3) is 3.20.